The first kappa shape index (κ1) is 22.4. The molecule has 1 aliphatic heterocycles. The van der Waals surface area contributed by atoms with Crippen LogP contribution < -0.4 is 10.9 Å². The van der Waals surface area contributed by atoms with Gasteiger partial charge in [0, 0.05) is 44.8 Å². The largest absolute Gasteiger partial charge is 0.464 e. The summed E-state index contributed by atoms with van der Waals surface area (Å²) in [4.78, 5) is 25.0. The van der Waals surface area contributed by atoms with Crippen molar-refractivity contribution >= 4 is 49.3 Å². The molecule has 0 radical (unpaired) electrons. The Morgan fingerprint density at radius 2 is 1.91 bits per heavy atom. The average Bonchev–Trinajstić information content (AvgIpc) is 3.35. The second-order valence-corrected chi connectivity index (χ2v) is 10.7. The maximum atomic E-state index is 12.7. The lowest BCUT2D eigenvalue weighted by atomic mass is 9.99. The molecule has 2 aromatic carbocycles. The van der Waals surface area contributed by atoms with Crippen LogP contribution in [-0.2, 0) is 21.1 Å². The van der Waals surface area contributed by atoms with Gasteiger partial charge in [0.1, 0.15) is 11.2 Å². The Bertz CT molecular complexity index is 1630. The fraction of sp³-hybridized carbons (Fsp3) is 0.200. The number of benzene rings is 2. The molecule has 7 nitrogen and oxygen atoms in total. The van der Waals surface area contributed by atoms with Crippen molar-refractivity contribution in [3.05, 3.63) is 80.7 Å². The van der Waals surface area contributed by atoms with Crippen LogP contribution in [0.25, 0.3) is 33.1 Å². The summed E-state index contributed by atoms with van der Waals surface area (Å²) in [6.07, 6.45) is 3.32. The van der Waals surface area contributed by atoms with Crippen LogP contribution in [-0.4, -0.2) is 26.1 Å². The summed E-state index contributed by atoms with van der Waals surface area (Å²) in [5.41, 5.74) is 3.45. The third-order valence-electron chi connectivity index (χ3n) is 6.02. The monoisotopic (exact) mass is 497 g/mol. The first-order valence-electron chi connectivity index (χ1n) is 10.6. The second-order valence-electron chi connectivity index (χ2n) is 8.33. The van der Waals surface area contributed by atoms with Gasteiger partial charge in [0.15, 0.2) is 9.84 Å². The lowest BCUT2D eigenvalue weighted by Gasteiger charge is -2.11. The lowest BCUT2D eigenvalue weighted by molar-refractivity contribution is -0.121. The van der Waals surface area contributed by atoms with Crippen molar-refractivity contribution in [1.29, 1.82) is 0 Å². The predicted octanol–water partition coefficient (Wildman–Crippen LogP) is 4.53. The molecule has 0 bridgehead atoms. The normalized spacial score (nSPS) is 16.9. The number of aryl methyl sites for hydroxylation is 1. The van der Waals surface area contributed by atoms with Crippen molar-refractivity contribution in [1.82, 2.24) is 5.32 Å². The van der Waals surface area contributed by atoms with E-state index in [0.29, 0.717) is 21.8 Å². The van der Waals surface area contributed by atoms with Crippen molar-refractivity contribution in [3.8, 4) is 11.1 Å². The van der Waals surface area contributed by atoms with E-state index >= 15 is 0 Å². The number of furan rings is 1. The minimum absolute atomic E-state index is 0.0332. The van der Waals surface area contributed by atoms with E-state index in [4.69, 9.17) is 20.4 Å². The minimum atomic E-state index is -3.26. The molecular formula is C25H20ClNO6S. The Kier molecular flexibility index (Phi) is 5.58. The SMILES string of the molecule is Cc1c(CCC(=O)N[C@H]2C=CS(=O)(=O)C2)c(=O)oc2cc3occ(-c4ccc(Cl)cc4)c3cc12. The molecule has 2 aromatic heterocycles. The molecule has 9 heteroatoms. The topological polar surface area (TPSA) is 107 Å². The van der Waals surface area contributed by atoms with Gasteiger partial charge in [0.2, 0.25) is 5.91 Å². The highest BCUT2D eigenvalue weighted by Crippen LogP contribution is 2.35. The number of hydrogen-bond donors (Lipinski definition) is 1. The zero-order valence-electron chi connectivity index (χ0n) is 18.1. The van der Waals surface area contributed by atoms with Gasteiger partial charge in [-0.1, -0.05) is 23.7 Å². The number of amides is 1. The number of rotatable bonds is 5. The standard InChI is InChI=1S/C25H20ClNO6S/c1-14-18(6-7-24(28)27-17-8-9-34(30,31)13-17)25(29)33-23-11-22-20(10-19(14)23)21(12-32-22)15-2-4-16(26)5-3-15/h2-5,8-12,17H,6-7,13H2,1H3,(H,27,28)/t17-/m0/s1. The van der Waals surface area contributed by atoms with Gasteiger partial charge in [-0.15, -0.1) is 0 Å². The van der Waals surface area contributed by atoms with Gasteiger partial charge in [-0.3, -0.25) is 4.79 Å². The Hall–Kier alpha value is -3.36. The van der Waals surface area contributed by atoms with Crippen molar-refractivity contribution < 1.29 is 22.0 Å². The van der Waals surface area contributed by atoms with Gasteiger partial charge in [0.05, 0.1) is 18.1 Å². The van der Waals surface area contributed by atoms with Crippen LogP contribution in [0.5, 0.6) is 0 Å². The molecule has 174 valence electrons. The molecule has 1 amide bonds. The van der Waals surface area contributed by atoms with E-state index in [1.807, 2.05) is 25.1 Å². The number of halogens is 1. The van der Waals surface area contributed by atoms with Gasteiger partial charge in [0.25, 0.3) is 0 Å². The molecule has 1 aliphatic rings. The summed E-state index contributed by atoms with van der Waals surface area (Å²) in [5, 5.41) is 6.03. The van der Waals surface area contributed by atoms with Crippen molar-refractivity contribution in [2.75, 3.05) is 5.75 Å². The summed E-state index contributed by atoms with van der Waals surface area (Å²) in [7, 11) is -3.26. The summed E-state index contributed by atoms with van der Waals surface area (Å²) in [6.45, 7) is 1.83. The van der Waals surface area contributed by atoms with E-state index in [0.717, 1.165) is 32.9 Å². The van der Waals surface area contributed by atoms with E-state index in [-0.39, 0.29) is 24.5 Å². The van der Waals surface area contributed by atoms with E-state index in [2.05, 4.69) is 5.32 Å². The van der Waals surface area contributed by atoms with Gasteiger partial charge in [-0.2, -0.15) is 0 Å². The molecule has 0 unspecified atom stereocenters. The van der Waals surface area contributed by atoms with Crippen LogP contribution in [0.3, 0.4) is 0 Å². The number of nitrogens with one attached hydrogen (secondary N) is 1. The highest BCUT2D eigenvalue weighted by Gasteiger charge is 2.23. The molecule has 0 saturated carbocycles. The third kappa shape index (κ3) is 4.26. The molecular weight excluding hydrogens is 478 g/mol. The van der Waals surface area contributed by atoms with Crippen LogP contribution in [0.2, 0.25) is 5.02 Å². The van der Waals surface area contributed by atoms with Crippen LogP contribution in [0.4, 0.5) is 0 Å². The Morgan fingerprint density at radius 1 is 1.15 bits per heavy atom. The highest BCUT2D eigenvalue weighted by molar-refractivity contribution is 7.94. The number of carbonyl (C=O) groups is 1. The van der Waals surface area contributed by atoms with Crippen molar-refractivity contribution in [2.45, 2.75) is 25.8 Å². The summed E-state index contributed by atoms with van der Waals surface area (Å²) >= 11 is 6.01. The predicted molar refractivity (Wildman–Crippen MR) is 131 cm³/mol. The number of fused-ring (bicyclic) bond motifs is 2. The number of hydrogen-bond acceptors (Lipinski definition) is 6. The summed E-state index contributed by atoms with van der Waals surface area (Å²) in [6, 6.07) is 10.5. The average molecular weight is 498 g/mol. The van der Waals surface area contributed by atoms with E-state index < -0.39 is 21.5 Å². The maximum Gasteiger partial charge on any atom is 0.339 e. The molecule has 34 heavy (non-hydrogen) atoms. The Labute approximate surface area is 199 Å². The number of sulfone groups is 1. The van der Waals surface area contributed by atoms with Gasteiger partial charge < -0.3 is 14.2 Å². The van der Waals surface area contributed by atoms with Crippen LogP contribution >= 0.6 is 11.6 Å². The maximum absolute atomic E-state index is 12.7. The minimum Gasteiger partial charge on any atom is -0.464 e. The first-order chi connectivity index (χ1) is 16.2. The van der Waals surface area contributed by atoms with E-state index in [9.17, 15) is 18.0 Å². The second kappa shape index (κ2) is 8.45. The van der Waals surface area contributed by atoms with E-state index in [1.54, 1.807) is 24.5 Å². The zero-order valence-corrected chi connectivity index (χ0v) is 19.7. The molecule has 0 aliphatic carbocycles. The molecule has 4 aromatic rings. The molecule has 0 spiro atoms. The van der Waals surface area contributed by atoms with Crippen LogP contribution in [0.15, 0.2) is 67.8 Å². The molecule has 3 heterocycles. The summed E-state index contributed by atoms with van der Waals surface area (Å²) in [5.74, 6) is -0.479. The molecule has 0 fully saturated rings. The first-order valence-corrected chi connectivity index (χ1v) is 12.7. The van der Waals surface area contributed by atoms with Gasteiger partial charge in [-0.25, -0.2) is 13.2 Å². The lowest BCUT2D eigenvalue weighted by Crippen LogP contribution is -2.35. The third-order valence-corrected chi connectivity index (χ3v) is 7.66. The van der Waals surface area contributed by atoms with Crippen LogP contribution in [0.1, 0.15) is 17.5 Å². The molecule has 1 atom stereocenters. The summed E-state index contributed by atoms with van der Waals surface area (Å²) < 4.78 is 34.3. The molecule has 1 N–H and O–H groups in total. The number of carbonyl (C=O) groups excluding carboxylic acids is 1. The fourth-order valence-electron chi connectivity index (χ4n) is 4.24. The quantitative estimate of drug-likeness (QED) is 0.406. The molecule has 0 saturated heterocycles. The highest BCUT2D eigenvalue weighted by atomic mass is 35.5. The van der Waals surface area contributed by atoms with Crippen LogP contribution in [0, 0.1) is 6.92 Å². The van der Waals surface area contributed by atoms with E-state index in [1.165, 1.54) is 6.08 Å². The Morgan fingerprint density at radius 3 is 2.62 bits per heavy atom. The molecule has 5 rings (SSSR count). The smallest absolute Gasteiger partial charge is 0.339 e. The Balaban J connectivity index is 1.44. The zero-order chi connectivity index (χ0) is 24.0. The van der Waals surface area contributed by atoms with Gasteiger partial charge in [-0.05, 0) is 48.7 Å². The van der Waals surface area contributed by atoms with Crippen molar-refractivity contribution in [2.24, 2.45) is 0 Å². The van der Waals surface area contributed by atoms with Gasteiger partial charge >= 0.3 is 5.63 Å². The fourth-order valence-corrected chi connectivity index (χ4v) is 5.60. The van der Waals surface area contributed by atoms with Crippen molar-refractivity contribution in [3.63, 3.8) is 0 Å².